The van der Waals surface area contributed by atoms with Gasteiger partial charge in [0.1, 0.15) is 6.04 Å². The van der Waals surface area contributed by atoms with E-state index in [4.69, 9.17) is 4.74 Å². The van der Waals surface area contributed by atoms with Crippen LogP contribution in [-0.4, -0.2) is 36.2 Å². The van der Waals surface area contributed by atoms with E-state index in [1.165, 1.54) is 31.2 Å². The fourth-order valence-corrected chi connectivity index (χ4v) is 3.79. The van der Waals surface area contributed by atoms with Gasteiger partial charge in [0.2, 0.25) is 5.78 Å². The van der Waals surface area contributed by atoms with Gasteiger partial charge in [-0.05, 0) is 38.0 Å². The van der Waals surface area contributed by atoms with Crippen molar-refractivity contribution < 1.29 is 9.53 Å². The molecule has 0 aliphatic carbocycles. The lowest BCUT2D eigenvalue weighted by atomic mass is 10.1. The van der Waals surface area contributed by atoms with Crippen LogP contribution in [0.2, 0.25) is 0 Å². The highest BCUT2D eigenvalue weighted by atomic mass is 16.5. The molecule has 0 aliphatic heterocycles. The third-order valence-electron chi connectivity index (χ3n) is 5.51. The zero-order valence-corrected chi connectivity index (χ0v) is 17.5. The molecule has 0 saturated heterocycles. The fraction of sp³-hybridized carbons (Fsp3) is 0.333. The Labute approximate surface area is 171 Å². The molecule has 0 radical (unpaired) electrons. The summed E-state index contributed by atoms with van der Waals surface area (Å²) < 4.78 is 10.5. The van der Waals surface area contributed by atoms with Gasteiger partial charge in [-0.1, -0.05) is 19.1 Å². The minimum absolute atomic E-state index is 0.231. The maximum absolute atomic E-state index is 13.3. The van der Waals surface area contributed by atoms with Gasteiger partial charge in [0, 0.05) is 24.6 Å². The van der Waals surface area contributed by atoms with Crippen LogP contribution in [0.4, 0.5) is 0 Å². The maximum Gasteiger partial charge on any atom is 0.333 e. The number of carbonyl (C=O) groups excluding carboxylic acids is 1. The van der Waals surface area contributed by atoms with Gasteiger partial charge in [-0.3, -0.25) is 18.3 Å². The van der Waals surface area contributed by atoms with E-state index in [1.54, 1.807) is 10.6 Å². The lowest BCUT2D eigenvalue weighted by molar-refractivity contribution is -0.144. The van der Waals surface area contributed by atoms with Crippen molar-refractivity contribution in [2.45, 2.75) is 33.2 Å². The first-order chi connectivity index (χ1) is 14.3. The molecule has 9 heteroatoms. The molecule has 30 heavy (non-hydrogen) atoms. The molecule has 4 rings (SSSR count). The Morgan fingerprint density at radius 3 is 2.47 bits per heavy atom. The monoisotopic (exact) mass is 409 g/mol. The SMILES string of the molecule is CCc1ccc(-n2c(C)cn3c4c(=O)n(C(C)C(=O)OC)c(=O)n(C)c4nc23)cc1. The summed E-state index contributed by atoms with van der Waals surface area (Å²) >= 11 is 0. The van der Waals surface area contributed by atoms with Crippen LogP contribution >= 0.6 is 0 Å². The first-order valence-electron chi connectivity index (χ1n) is 9.68. The predicted octanol–water partition coefficient (Wildman–Crippen LogP) is 1.74. The molecule has 4 aromatic rings. The summed E-state index contributed by atoms with van der Waals surface area (Å²) in [7, 11) is 2.75. The molecule has 0 N–H and O–H groups in total. The molecule has 1 aromatic carbocycles. The van der Waals surface area contributed by atoms with Crippen molar-refractivity contribution >= 4 is 22.9 Å². The van der Waals surface area contributed by atoms with E-state index in [-0.39, 0.29) is 11.2 Å². The maximum atomic E-state index is 13.3. The Morgan fingerprint density at radius 1 is 1.20 bits per heavy atom. The number of hydrogen-bond donors (Lipinski definition) is 0. The molecule has 0 fully saturated rings. The van der Waals surface area contributed by atoms with Crippen molar-refractivity contribution in [3.05, 3.63) is 62.6 Å². The van der Waals surface area contributed by atoms with Crippen molar-refractivity contribution in [3.63, 3.8) is 0 Å². The van der Waals surface area contributed by atoms with Gasteiger partial charge < -0.3 is 4.74 Å². The van der Waals surface area contributed by atoms with Crippen molar-refractivity contribution in [1.29, 1.82) is 0 Å². The van der Waals surface area contributed by atoms with Crippen molar-refractivity contribution in [2.24, 2.45) is 7.05 Å². The van der Waals surface area contributed by atoms with Crippen LogP contribution in [0.15, 0.2) is 40.1 Å². The van der Waals surface area contributed by atoms with Gasteiger partial charge in [-0.15, -0.1) is 0 Å². The quantitative estimate of drug-likeness (QED) is 0.479. The van der Waals surface area contributed by atoms with Crippen LogP contribution < -0.4 is 11.2 Å². The number of hydrogen-bond acceptors (Lipinski definition) is 5. The first kappa shape index (κ1) is 19.7. The average Bonchev–Trinajstić information content (AvgIpc) is 3.26. The summed E-state index contributed by atoms with van der Waals surface area (Å²) in [5, 5.41) is 0. The molecule has 0 spiro atoms. The van der Waals surface area contributed by atoms with Crippen LogP contribution in [0, 0.1) is 6.92 Å². The normalized spacial score (nSPS) is 12.6. The lowest BCUT2D eigenvalue weighted by Gasteiger charge is -2.13. The van der Waals surface area contributed by atoms with E-state index in [0.29, 0.717) is 5.78 Å². The molecule has 3 aromatic heterocycles. The zero-order chi connectivity index (χ0) is 21.7. The van der Waals surface area contributed by atoms with Gasteiger partial charge in [0.15, 0.2) is 11.2 Å². The molecule has 3 heterocycles. The summed E-state index contributed by atoms with van der Waals surface area (Å²) in [6, 6.07) is 7.05. The van der Waals surface area contributed by atoms with Crippen LogP contribution in [-0.2, 0) is 23.0 Å². The summed E-state index contributed by atoms with van der Waals surface area (Å²) in [6.07, 6.45) is 2.74. The second-order valence-electron chi connectivity index (χ2n) is 7.30. The van der Waals surface area contributed by atoms with Crippen molar-refractivity contribution in [1.82, 2.24) is 23.1 Å². The number of aromatic nitrogens is 5. The van der Waals surface area contributed by atoms with E-state index >= 15 is 0 Å². The molecule has 0 amide bonds. The smallest absolute Gasteiger partial charge is 0.333 e. The van der Waals surface area contributed by atoms with E-state index < -0.39 is 23.3 Å². The second kappa shape index (κ2) is 7.01. The number of carbonyl (C=O) groups is 1. The largest absolute Gasteiger partial charge is 0.467 e. The van der Waals surface area contributed by atoms with Crippen LogP contribution in [0.1, 0.15) is 31.1 Å². The Morgan fingerprint density at radius 2 is 1.87 bits per heavy atom. The summed E-state index contributed by atoms with van der Waals surface area (Å²) in [4.78, 5) is 42.7. The fourth-order valence-electron chi connectivity index (χ4n) is 3.79. The Hall–Kier alpha value is -3.62. The molecule has 0 bridgehead atoms. The topological polar surface area (TPSA) is 92.5 Å². The third kappa shape index (κ3) is 2.69. The second-order valence-corrected chi connectivity index (χ2v) is 7.30. The van der Waals surface area contributed by atoms with Gasteiger partial charge in [-0.2, -0.15) is 4.98 Å². The Bertz CT molecular complexity index is 1400. The predicted molar refractivity (Wildman–Crippen MR) is 112 cm³/mol. The minimum atomic E-state index is -1.05. The average molecular weight is 409 g/mol. The van der Waals surface area contributed by atoms with Gasteiger partial charge >= 0.3 is 11.7 Å². The molecule has 1 unspecified atom stereocenters. The molecular weight excluding hydrogens is 386 g/mol. The molecule has 1 atom stereocenters. The van der Waals surface area contributed by atoms with Crippen molar-refractivity contribution in [2.75, 3.05) is 7.11 Å². The van der Waals surface area contributed by atoms with Crippen LogP contribution in [0.3, 0.4) is 0 Å². The van der Waals surface area contributed by atoms with Gasteiger partial charge in [0.25, 0.3) is 5.56 Å². The first-order valence-corrected chi connectivity index (χ1v) is 9.68. The molecule has 0 aliphatic rings. The number of ether oxygens (including phenoxy) is 1. The number of aryl methyl sites for hydroxylation is 3. The zero-order valence-electron chi connectivity index (χ0n) is 17.5. The van der Waals surface area contributed by atoms with Gasteiger partial charge in [-0.25, -0.2) is 14.2 Å². The molecule has 156 valence electrons. The standard InChI is InChI=1S/C21H23N5O4/c1-6-14-7-9-15(10-8-14)25-12(2)11-24-16-17(22-20(24)25)23(4)21(29)26(18(16)27)13(3)19(28)30-5/h7-11,13H,6H2,1-5H3. The lowest BCUT2D eigenvalue weighted by Crippen LogP contribution is -2.43. The summed E-state index contributed by atoms with van der Waals surface area (Å²) in [6.45, 7) is 5.48. The summed E-state index contributed by atoms with van der Waals surface area (Å²) in [5.74, 6) is -0.151. The van der Waals surface area contributed by atoms with E-state index in [1.807, 2.05) is 23.6 Å². The third-order valence-corrected chi connectivity index (χ3v) is 5.51. The van der Waals surface area contributed by atoms with Crippen molar-refractivity contribution in [3.8, 4) is 5.69 Å². The molecule has 0 saturated carbocycles. The number of esters is 1. The number of fused-ring (bicyclic) bond motifs is 3. The number of nitrogens with zero attached hydrogens (tertiary/aromatic N) is 5. The minimum Gasteiger partial charge on any atom is -0.467 e. The van der Waals surface area contributed by atoms with E-state index in [0.717, 1.165) is 22.4 Å². The number of benzene rings is 1. The highest BCUT2D eigenvalue weighted by molar-refractivity contribution is 5.78. The van der Waals surface area contributed by atoms with Crippen LogP contribution in [0.25, 0.3) is 22.6 Å². The van der Waals surface area contributed by atoms with E-state index in [2.05, 4.69) is 24.0 Å². The number of imidazole rings is 2. The Kier molecular flexibility index (Phi) is 4.60. The number of methoxy groups -OCH3 is 1. The Balaban J connectivity index is 2.06. The molecule has 9 nitrogen and oxygen atoms in total. The van der Waals surface area contributed by atoms with Crippen LogP contribution in [0.5, 0.6) is 0 Å². The highest BCUT2D eigenvalue weighted by Crippen LogP contribution is 2.21. The number of rotatable bonds is 4. The molecular formula is C21H23N5O4. The van der Waals surface area contributed by atoms with E-state index in [9.17, 15) is 14.4 Å². The van der Waals surface area contributed by atoms with Gasteiger partial charge in [0.05, 0.1) is 7.11 Å². The highest BCUT2D eigenvalue weighted by Gasteiger charge is 2.26. The summed E-state index contributed by atoms with van der Waals surface area (Å²) in [5.41, 5.74) is 2.28.